The molecule has 3 aromatic heterocycles. The van der Waals surface area contributed by atoms with E-state index in [2.05, 4.69) is 20.1 Å². The van der Waals surface area contributed by atoms with Gasteiger partial charge in [-0.3, -0.25) is 9.78 Å². The van der Waals surface area contributed by atoms with Gasteiger partial charge in [-0.1, -0.05) is 11.3 Å². The van der Waals surface area contributed by atoms with Crippen molar-refractivity contribution in [3.63, 3.8) is 0 Å². The van der Waals surface area contributed by atoms with Gasteiger partial charge in [-0.25, -0.2) is 9.97 Å². The van der Waals surface area contributed by atoms with Crippen LogP contribution < -0.4 is 10.2 Å². The second-order valence-corrected chi connectivity index (χ2v) is 8.57. The Morgan fingerprint density at radius 3 is 2.79 bits per heavy atom. The van der Waals surface area contributed by atoms with E-state index < -0.39 is 0 Å². The molecule has 1 aliphatic rings. The molecule has 1 fully saturated rings. The van der Waals surface area contributed by atoms with E-state index in [-0.39, 0.29) is 11.8 Å². The SMILES string of the molecule is CN(C)CCNC(=O)C1CCN(c2nc3ccc(-c4cccnc4)nc3s2)CC1. The molecule has 3 aromatic rings. The van der Waals surface area contributed by atoms with Gasteiger partial charge in [0.15, 0.2) is 5.13 Å². The Balaban J connectivity index is 1.39. The average Bonchev–Trinajstić information content (AvgIpc) is 3.17. The monoisotopic (exact) mass is 410 g/mol. The Hall–Kier alpha value is -2.58. The molecule has 0 unspecified atom stereocenters. The van der Waals surface area contributed by atoms with Gasteiger partial charge in [-0.2, -0.15) is 0 Å². The zero-order valence-corrected chi connectivity index (χ0v) is 17.7. The lowest BCUT2D eigenvalue weighted by Gasteiger charge is -2.31. The van der Waals surface area contributed by atoms with Gasteiger partial charge in [-0.15, -0.1) is 0 Å². The number of thiazole rings is 1. The van der Waals surface area contributed by atoms with Gasteiger partial charge in [0.25, 0.3) is 0 Å². The van der Waals surface area contributed by atoms with Crippen LogP contribution in [0.5, 0.6) is 0 Å². The molecule has 152 valence electrons. The summed E-state index contributed by atoms with van der Waals surface area (Å²) in [5.41, 5.74) is 2.83. The Labute approximate surface area is 174 Å². The summed E-state index contributed by atoms with van der Waals surface area (Å²) in [6.07, 6.45) is 5.31. The number of likely N-dealkylation sites (N-methyl/N-ethyl adjacent to an activating group) is 1. The van der Waals surface area contributed by atoms with Crippen molar-refractivity contribution < 1.29 is 4.79 Å². The zero-order valence-electron chi connectivity index (χ0n) is 16.8. The first-order chi connectivity index (χ1) is 14.1. The number of hydrogen-bond acceptors (Lipinski definition) is 7. The topological polar surface area (TPSA) is 74.2 Å². The van der Waals surface area contributed by atoms with Crippen LogP contribution in [0.25, 0.3) is 21.6 Å². The maximum atomic E-state index is 12.4. The molecule has 4 heterocycles. The third-order valence-corrected chi connectivity index (χ3v) is 6.22. The maximum absolute atomic E-state index is 12.4. The second-order valence-electron chi connectivity index (χ2n) is 7.61. The van der Waals surface area contributed by atoms with E-state index in [9.17, 15) is 4.79 Å². The van der Waals surface area contributed by atoms with Gasteiger partial charge in [0.2, 0.25) is 5.91 Å². The molecule has 0 bridgehead atoms. The lowest BCUT2D eigenvalue weighted by molar-refractivity contribution is -0.125. The predicted molar refractivity (Wildman–Crippen MR) is 117 cm³/mol. The van der Waals surface area contributed by atoms with E-state index in [1.54, 1.807) is 17.5 Å². The summed E-state index contributed by atoms with van der Waals surface area (Å²) in [4.78, 5) is 31.4. The molecule has 1 amide bonds. The normalized spacial score (nSPS) is 15.2. The first-order valence-corrected chi connectivity index (χ1v) is 10.8. The Morgan fingerprint density at radius 2 is 2.07 bits per heavy atom. The molecule has 7 nitrogen and oxygen atoms in total. The summed E-state index contributed by atoms with van der Waals surface area (Å²) >= 11 is 1.62. The highest BCUT2D eigenvalue weighted by Gasteiger charge is 2.26. The third kappa shape index (κ3) is 4.71. The number of fused-ring (bicyclic) bond motifs is 1. The van der Waals surface area contributed by atoms with Crippen molar-refractivity contribution in [3.8, 4) is 11.3 Å². The molecule has 4 rings (SSSR count). The standard InChI is InChI=1S/C21H26N6OS/c1-26(2)13-10-23-19(28)15-7-11-27(12-8-15)21-25-18-6-5-17(24-20(18)29-21)16-4-3-9-22-14-16/h3-6,9,14-15H,7-8,10-13H2,1-2H3,(H,23,28). The van der Waals surface area contributed by atoms with Crippen molar-refractivity contribution in [2.45, 2.75) is 12.8 Å². The number of amides is 1. The first-order valence-electron chi connectivity index (χ1n) is 9.95. The third-order valence-electron chi connectivity index (χ3n) is 5.20. The van der Waals surface area contributed by atoms with Crippen LogP contribution in [0.2, 0.25) is 0 Å². The summed E-state index contributed by atoms with van der Waals surface area (Å²) in [7, 11) is 4.02. The summed E-state index contributed by atoms with van der Waals surface area (Å²) in [5, 5.41) is 4.04. The average molecular weight is 411 g/mol. The van der Waals surface area contributed by atoms with Crippen molar-refractivity contribution in [2.24, 2.45) is 5.92 Å². The molecule has 0 aromatic carbocycles. The number of nitrogens with one attached hydrogen (secondary N) is 1. The summed E-state index contributed by atoms with van der Waals surface area (Å²) in [5.74, 6) is 0.275. The molecule has 0 radical (unpaired) electrons. The van der Waals surface area contributed by atoms with E-state index in [1.807, 2.05) is 44.6 Å². The number of anilines is 1. The van der Waals surface area contributed by atoms with Crippen LogP contribution in [0.1, 0.15) is 12.8 Å². The molecule has 29 heavy (non-hydrogen) atoms. The quantitative estimate of drug-likeness (QED) is 0.673. The van der Waals surface area contributed by atoms with Crippen molar-refractivity contribution in [2.75, 3.05) is 45.2 Å². The predicted octanol–water partition coefficient (Wildman–Crippen LogP) is 2.65. The number of aromatic nitrogens is 3. The molecule has 1 saturated heterocycles. The van der Waals surface area contributed by atoms with Crippen LogP contribution in [0.3, 0.4) is 0 Å². The summed E-state index contributed by atoms with van der Waals surface area (Å²) in [6.45, 7) is 3.27. The van der Waals surface area contributed by atoms with Gasteiger partial charge >= 0.3 is 0 Å². The Kier molecular flexibility index (Phi) is 6.01. The lowest BCUT2D eigenvalue weighted by atomic mass is 9.96. The van der Waals surface area contributed by atoms with E-state index in [4.69, 9.17) is 9.97 Å². The molecule has 0 saturated carbocycles. The fourth-order valence-corrected chi connectivity index (χ4v) is 4.49. The van der Waals surface area contributed by atoms with Crippen molar-refractivity contribution in [3.05, 3.63) is 36.7 Å². The van der Waals surface area contributed by atoms with Crippen LogP contribution in [0, 0.1) is 5.92 Å². The highest BCUT2D eigenvalue weighted by atomic mass is 32.1. The number of nitrogens with zero attached hydrogens (tertiary/aromatic N) is 5. The van der Waals surface area contributed by atoms with Crippen LogP contribution >= 0.6 is 11.3 Å². The van der Waals surface area contributed by atoms with Crippen LogP contribution in [-0.2, 0) is 4.79 Å². The van der Waals surface area contributed by atoms with E-state index in [1.165, 1.54) is 0 Å². The maximum Gasteiger partial charge on any atom is 0.223 e. The lowest BCUT2D eigenvalue weighted by Crippen LogP contribution is -2.42. The van der Waals surface area contributed by atoms with Gasteiger partial charge in [0.1, 0.15) is 10.3 Å². The summed E-state index contributed by atoms with van der Waals surface area (Å²) < 4.78 is 0. The fraction of sp³-hybridized carbons (Fsp3) is 0.429. The molecule has 8 heteroatoms. The zero-order chi connectivity index (χ0) is 20.2. The second kappa shape index (κ2) is 8.84. The molecule has 0 atom stereocenters. The van der Waals surface area contributed by atoms with Crippen molar-refractivity contribution in [1.82, 2.24) is 25.2 Å². The molecule has 1 N–H and O–H groups in total. The molecule has 1 aliphatic heterocycles. The van der Waals surface area contributed by atoms with E-state index in [0.29, 0.717) is 6.54 Å². The number of pyridine rings is 2. The minimum Gasteiger partial charge on any atom is -0.355 e. The molecule has 0 spiro atoms. The first kappa shape index (κ1) is 19.7. The van der Waals surface area contributed by atoms with E-state index >= 15 is 0 Å². The molecular formula is C21H26N6OS. The summed E-state index contributed by atoms with van der Waals surface area (Å²) in [6, 6.07) is 7.94. The highest BCUT2D eigenvalue weighted by molar-refractivity contribution is 7.21. The van der Waals surface area contributed by atoms with Crippen LogP contribution in [-0.4, -0.2) is 66.0 Å². The van der Waals surface area contributed by atoms with Crippen LogP contribution in [0.15, 0.2) is 36.7 Å². The molecular weight excluding hydrogens is 384 g/mol. The number of rotatable bonds is 6. The minimum atomic E-state index is 0.0955. The van der Waals surface area contributed by atoms with Crippen LogP contribution in [0.4, 0.5) is 5.13 Å². The smallest absolute Gasteiger partial charge is 0.223 e. The van der Waals surface area contributed by atoms with Gasteiger partial charge in [0, 0.05) is 50.1 Å². The number of carbonyl (C=O) groups excluding carboxylic acids is 1. The van der Waals surface area contributed by atoms with Crippen molar-refractivity contribution >= 4 is 32.7 Å². The van der Waals surface area contributed by atoms with Gasteiger partial charge in [0.05, 0.1) is 5.69 Å². The van der Waals surface area contributed by atoms with Gasteiger partial charge < -0.3 is 15.1 Å². The molecule has 0 aliphatic carbocycles. The van der Waals surface area contributed by atoms with E-state index in [0.717, 1.165) is 59.2 Å². The Bertz CT molecular complexity index is 966. The Morgan fingerprint density at radius 1 is 1.24 bits per heavy atom. The fourth-order valence-electron chi connectivity index (χ4n) is 3.50. The van der Waals surface area contributed by atoms with Crippen molar-refractivity contribution in [1.29, 1.82) is 0 Å². The minimum absolute atomic E-state index is 0.0955. The largest absolute Gasteiger partial charge is 0.355 e. The number of carbonyl (C=O) groups is 1. The van der Waals surface area contributed by atoms with Gasteiger partial charge in [-0.05, 0) is 51.2 Å². The number of hydrogen-bond donors (Lipinski definition) is 1. The number of piperidine rings is 1. The highest BCUT2D eigenvalue weighted by Crippen LogP contribution is 2.32.